The minimum Gasteiger partial charge on any atom is -0.311 e. The van der Waals surface area contributed by atoms with E-state index in [1.807, 2.05) is 0 Å². The molecule has 0 heterocycles. The van der Waals surface area contributed by atoms with E-state index in [-0.39, 0.29) is 5.54 Å². The molecule has 0 bridgehead atoms. The second kappa shape index (κ2) is 6.38. The molecule has 1 aliphatic rings. The quantitative estimate of drug-likeness (QED) is 0.805. The zero-order valence-corrected chi connectivity index (χ0v) is 13.5. The third kappa shape index (κ3) is 6.19. The zero-order valence-electron chi connectivity index (χ0n) is 13.5. The molecule has 0 unspecified atom stereocenters. The predicted molar refractivity (Wildman–Crippen MR) is 81.0 cm³/mol. The number of rotatable bonds is 5. The Morgan fingerprint density at radius 2 is 1.56 bits per heavy atom. The number of hydrogen-bond acceptors (Lipinski definition) is 2. The molecule has 1 N–H and O–H groups in total. The molecule has 1 rings (SSSR count). The molecule has 0 saturated heterocycles. The van der Waals surface area contributed by atoms with E-state index in [1.54, 1.807) is 0 Å². The van der Waals surface area contributed by atoms with Gasteiger partial charge < -0.3 is 10.2 Å². The third-order valence-electron chi connectivity index (χ3n) is 3.97. The lowest BCUT2D eigenvalue weighted by Crippen LogP contribution is -2.47. The van der Waals surface area contributed by atoms with E-state index in [4.69, 9.17) is 0 Å². The van der Waals surface area contributed by atoms with E-state index in [2.05, 4.69) is 51.9 Å². The highest BCUT2D eigenvalue weighted by Crippen LogP contribution is 2.25. The van der Waals surface area contributed by atoms with Crippen LogP contribution in [0.15, 0.2) is 0 Å². The lowest BCUT2D eigenvalue weighted by Gasteiger charge is -2.38. The summed E-state index contributed by atoms with van der Waals surface area (Å²) in [6.07, 6.45) is 7.10. The summed E-state index contributed by atoms with van der Waals surface area (Å²) in [6, 6.07) is 0.827. The van der Waals surface area contributed by atoms with E-state index in [9.17, 15) is 0 Å². The van der Waals surface area contributed by atoms with Gasteiger partial charge in [0.05, 0.1) is 0 Å². The molecule has 2 heteroatoms. The summed E-state index contributed by atoms with van der Waals surface area (Å²) < 4.78 is 0. The topological polar surface area (TPSA) is 15.3 Å². The molecule has 1 saturated carbocycles. The van der Waals surface area contributed by atoms with Gasteiger partial charge in [-0.3, -0.25) is 0 Å². The van der Waals surface area contributed by atoms with E-state index in [0.29, 0.717) is 5.41 Å². The summed E-state index contributed by atoms with van der Waals surface area (Å²) in [5.74, 6) is 0. The fourth-order valence-electron chi connectivity index (χ4n) is 2.89. The van der Waals surface area contributed by atoms with Gasteiger partial charge in [-0.25, -0.2) is 0 Å². The van der Waals surface area contributed by atoms with Crippen LogP contribution in [0, 0.1) is 5.41 Å². The first-order valence-corrected chi connectivity index (χ1v) is 7.65. The van der Waals surface area contributed by atoms with Crippen molar-refractivity contribution in [1.82, 2.24) is 10.2 Å². The average Bonchev–Trinajstić information content (AvgIpc) is 2.26. The molecule has 2 nitrogen and oxygen atoms in total. The van der Waals surface area contributed by atoms with Gasteiger partial charge in [0.25, 0.3) is 0 Å². The maximum absolute atomic E-state index is 3.64. The monoisotopic (exact) mass is 254 g/mol. The van der Waals surface area contributed by atoms with Crippen molar-refractivity contribution in [3.8, 4) is 0 Å². The van der Waals surface area contributed by atoms with Gasteiger partial charge in [-0.05, 0) is 46.1 Å². The Kier molecular flexibility index (Phi) is 5.67. The lowest BCUT2D eigenvalue weighted by atomic mass is 9.88. The normalized spacial score (nSPS) is 19.5. The summed E-state index contributed by atoms with van der Waals surface area (Å²) in [5.41, 5.74) is 0.570. The van der Waals surface area contributed by atoms with Gasteiger partial charge in [0, 0.05) is 24.7 Å². The van der Waals surface area contributed by atoms with E-state index < -0.39 is 0 Å². The Labute approximate surface area is 115 Å². The van der Waals surface area contributed by atoms with Crippen LogP contribution in [-0.4, -0.2) is 36.6 Å². The maximum atomic E-state index is 3.64. The standard InChI is InChI=1S/C16H34N2/c1-15(2,3)17-12-16(4,5)13-18(6)14-10-8-7-9-11-14/h14,17H,7-13H2,1-6H3. The minimum absolute atomic E-state index is 0.223. The van der Waals surface area contributed by atoms with Crippen molar-refractivity contribution in [1.29, 1.82) is 0 Å². The van der Waals surface area contributed by atoms with Crippen molar-refractivity contribution >= 4 is 0 Å². The molecule has 18 heavy (non-hydrogen) atoms. The van der Waals surface area contributed by atoms with Crippen LogP contribution in [0.3, 0.4) is 0 Å². The van der Waals surface area contributed by atoms with Crippen molar-refractivity contribution in [2.24, 2.45) is 5.41 Å². The van der Waals surface area contributed by atoms with Crippen molar-refractivity contribution in [2.75, 3.05) is 20.1 Å². The summed E-state index contributed by atoms with van der Waals surface area (Å²) in [4.78, 5) is 2.60. The van der Waals surface area contributed by atoms with Crippen LogP contribution < -0.4 is 5.32 Å². The van der Waals surface area contributed by atoms with Crippen molar-refractivity contribution < 1.29 is 0 Å². The lowest BCUT2D eigenvalue weighted by molar-refractivity contribution is 0.126. The Hall–Kier alpha value is -0.0800. The molecule has 0 aromatic carbocycles. The molecular formula is C16H34N2. The van der Waals surface area contributed by atoms with Crippen LogP contribution in [0.1, 0.15) is 66.7 Å². The predicted octanol–water partition coefficient (Wildman–Crippen LogP) is 3.67. The first-order valence-electron chi connectivity index (χ1n) is 7.65. The van der Waals surface area contributed by atoms with Gasteiger partial charge in [0.2, 0.25) is 0 Å². The Balaban J connectivity index is 2.38. The van der Waals surface area contributed by atoms with E-state index in [0.717, 1.165) is 12.6 Å². The van der Waals surface area contributed by atoms with Crippen LogP contribution in [0.4, 0.5) is 0 Å². The van der Waals surface area contributed by atoms with Gasteiger partial charge >= 0.3 is 0 Å². The highest BCUT2D eigenvalue weighted by atomic mass is 15.1. The third-order valence-corrected chi connectivity index (χ3v) is 3.97. The van der Waals surface area contributed by atoms with Crippen LogP contribution >= 0.6 is 0 Å². The molecule has 0 radical (unpaired) electrons. The molecular weight excluding hydrogens is 220 g/mol. The zero-order chi connectivity index (χ0) is 13.8. The van der Waals surface area contributed by atoms with Gasteiger partial charge in [-0.15, -0.1) is 0 Å². The molecule has 0 amide bonds. The van der Waals surface area contributed by atoms with Gasteiger partial charge in [-0.2, -0.15) is 0 Å². The molecule has 1 fully saturated rings. The molecule has 0 aromatic heterocycles. The van der Waals surface area contributed by atoms with Gasteiger partial charge in [0.1, 0.15) is 0 Å². The van der Waals surface area contributed by atoms with Gasteiger partial charge in [-0.1, -0.05) is 33.1 Å². The minimum atomic E-state index is 0.223. The SMILES string of the molecule is CN(CC(C)(C)CNC(C)(C)C)C1CCCCC1. The van der Waals surface area contributed by atoms with Crippen LogP contribution in [0.25, 0.3) is 0 Å². The smallest absolute Gasteiger partial charge is 0.00967 e. The van der Waals surface area contributed by atoms with Crippen LogP contribution in [0.5, 0.6) is 0 Å². The van der Waals surface area contributed by atoms with Gasteiger partial charge in [0.15, 0.2) is 0 Å². The molecule has 0 atom stereocenters. The first-order chi connectivity index (χ1) is 8.20. The highest BCUT2D eigenvalue weighted by Gasteiger charge is 2.26. The van der Waals surface area contributed by atoms with E-state index >= 15 is 0 Å². The summed E-state index contributed by atoms with van der Waals surface area (Å²) in [5, 5.41) is 3.64. The second-order valence-electron chi connectivity index (χ2n) is 7.97. The van der Waals surface area contributed by atoms with Crippen molar-refractivity contribution in [3.05, 3.63) is 0 Å². The molecule has 0 aromatic rings. The van der Waals surface area contributed by atoms with Crippen LogP contribution in [-0.2, 0) is 0 Å². The second-order valence-corrected chi connectivity index (χ2v) is 7.97. The van der Waals surface area contributed by atoms with Crippen LogP contribution in [0.2, 0.25) is 0 Å². The maximum Gasteiger partial charge on any atom is 0.00967 e. The Morgan fingerprint density at radius 1 is 1.00 bits per heavy atom. The van der Waals surface area contributed by atoms with Crippen molar-refractivity contribution in [3.63, 3.8) is 0 Å². The summed E-state index contributed by atoms with van der Waals surface area (Å²) >= 11 is 0. The van der Waals surface area contributed by atoms with E-state index in [1.165, 1.54) is 38.6 Å². The largest absolute Gasteiger partial charge is 0.311 e. The first kappa shape index (κ1) is 16.0. The highest BCUT2D eigenvalue weighted by molar-refractivity contribution is 4.83. The van der Waals surface area contributed by atoms with Crippen molar-refractivity contribution in [2.45, 2.75) is 78.3 Å². The summed E-state index contributed by atoms with van der Waals surface area (Å²) in [6.45, 7) is 13.8. The molecule has 1 aliphatic carbocycles. The summed E-state index contributed by atoms with van der Waals surface area (Å²) in [7, 11) is 2.31. The molecule has 0 aliphatic heterocycles. The fraction of sp³-hybridized carbons (Fsp3) is 1.00. The Bertz CT molecular complexity index is 234. The number of nitrogens with zero attached hydrogens (tertiary/aromatic N) is 1. The molecule has 0 spiro atoms. The number of hydrogen-bond donors (Lipinski definition) is 1. The Morgan fingerprint density at radius 3 is 2.06 bits per heavy atom. The number of nitrogens with one attached hydrogen (secondary N) is 1. The molecule has 108 valence electrons. The fourth-order valence-corrected chi connectivity index (χ4v) is 2.89. The average molecular weight is 254 g/mol.